The molecule has 1 unspecified atom stereocenters. The lowest BCUT2D eigenvalue weighted by Gasteiger charge is -2.08. The van der Waals surface area contributed by atoms with Crippen molar-refractivity contribution in [2.45, 2.75) is 37.4 Å². The Hall–Kier alpha value is -2.97. The summed E-state index contributed by atoms with van der Waals surface area (Å²) in [5, 5.41) is 8.78. The molecule has 3 aromatic rings. The van der Waals surface area contributed by atoms with E-state index in [0.29, 0.717) is 5.56 Å². The van der Waals surface area contributed by atoms with Gasteiger partial charge in [0.15, 0.2) is 0 Å². The van der Waals surface area contributed by atoms with E-state index in [1.807, 2.05) is 0 Å². The quantitative estimate of drug-likeness (QED) is 0.462. The summed E-state index contributed by atoms with van der Waals surface area (Å²) < 4.78 is 52.0. The summed E-state index contributed by atoms with van der Waals surface area (Å²) in [5.74, 6) is -1.04. The van der Waals surface area contributed by atoms with Gasteiger partial charge in [-0.3, -0.25) is 0 Å². The molecule has 3 aromatic carbocycles. The number of carboxylic acid groups (broad SMARTS) is 1. The molecule has 2 N–H and O–H groups in total. The van der Waals surface area contributed by atoms with Crippen LogP contribution in [0.15, 0.2) is 83.8 Å². The predicted molar refractivity (Wildman–Crippen MR) is 119 cm³/mol. The van der Waals surface area contributed by atoms with Gasteiger partial charge in [0.25, 0.3) is 0 Å². The lowest BCUT2D eigenvalue weighted by atomic mass is 10.1. The third kappa shape index (κ3) is 8.28. The normalized spacial score (nSPS) is 11.9. The van der Waals surface area contributed by atoms with E-state index in [9.17, 15) is 22.2 Å². The molecule has 0 radical (unpaired) electrons. The fourth-order valence-corrected chi connectivity index (χ4v) is 3.55. The van der Waals surface area contributed by atoms with Crippen molar-refractivity contribution in [1.29, 1.82) is 0 Å². The van der Waals surface area contributed by atoms with E-state index in [4.69, 9.17) is 5.11 Å². The molecular formula is C24H24F3NO3S. The molecule has 0 aliphatic heterocycles. The second kappa shape index (κ2) is 12.2. The fraction of sp³-hybridized carbons (Fsp3) is 0.208. The predicted octanol–water partition coefficient (Wildman–Crippen LogP) is 5.86. The number of halogens is 3. The monoisotopic (exact) mass is 463 g/mol. The van der Waals surface area contributed by atoms with Crippen molar-refractivity contribution >= 4 is 17.0 Å². The second-order valence-electron chi connectivity index (χ2n) is 6.85. The summed E-state index contributed by atoms with van der Waals surface area (Å²) >= 11 is 0. The van der Waals surface area contributed by atoms with Crippen LogP contribution in [0.2, 0.25) is 0 Å². The zero-order chi connectivity index (χ0) is 23.6. The van der Waals surface area contributed by atoms with Gasteiger partial charge in [0.2, 0.25) is 0 Å². The Kier molecular flexibility index (Phi) is 9.61. The molecule has 0 fully saturated rings. The van der Waals surface area contributed by atoms with Crippen LogP contribution >= 0.6 is 0 Å². The Balaban J connectivity index is 0.000000336. The first-order chi connectivity index (χ1) is 15.2. The summed E-state index contributed by atoms with van der Waals surface area (Å²) in [6.45, 7) is 2.39. The van der Waals surface area contributed by atoms with Crippen LogP contribution < -0.4 is 4.72 Å². The smallest absolute Gasteiger partial charge is 0.416 e. The maximum Gasteiger partial charge on any atom is 0.416 e. The summed E-state index contributed by atoms with van der Waals surface area (Å²) in [4.78, 5) is 10.9. The van der Waals surface area contributed by atoms with Crippen LogP contribution in [0.1, 0.15) is 40.4 Å². The minimum Gasteiger partial charge on any atom is -0.478 e. The molecule has 3 rings (SSSR count). The molecule has 0 bridgehead atoms. The van der Waals surface area contributed by atoms with Gasteiger partial charge in [0.1, 0.15) is 11.0 Å². The summed E-state index contributed by atoms with van der Waals surface area (Å²) in [6, 6.07) is 20.6. The van der Waals surface area contributed by atoms with Gasteiger partial charge in [0, 0.05) is 6.54 Å². The highest BCUT2D eigenvalue weighted by atomic mass is 32.2. The first-order valence-corrected chi connectivity index (χ1v) is 11.0. The van der Waals surface area contributed by atoms with Crippen molar-refractivity contribution in [3.8, 4) is 0 Å². The molecule has 0 saturated carbocycles. The number of benzene rings is 3. The molecule has 0 aliphatic carbocycles. The fourth-order valence-electron chi connectivity index (χ4n) is 2.70. The van der Waals surface area contributed by atoms with E-state index in [0.717, 1.165) is 24.3 Å². The minimum atomic E-state index is -4.43. The Morgan fingerprint density at radius 3 is 2.00 bits per heavy atom. The minimum absolute atomic E-state index is 0.137. The van der Waals surface area contributed by atoms with Gasteiger partial charge in [-0.2, -0.15) is 13.2 Å². The molecule has 4 nitrogen and oxygen atoms in total. The summed E-state index contributed by atoms with van der Waals surface area (Å²) in [7, 11) is -1.67. The number of aryl methyl sites for hydroxylation is 1. The molecular weight excluding hydrogens is 439 g/mol. The van der Waals surface area contributed by atoms with Gasteiger partial charge < -0.3 is 5.11 Å². The Morgan fingerprint density at radius 1 is 0.906 bits per heavy atom. The lowest BCUT2D eigenvalue weighted by molar-refractivity contribution is -0.137. The second-order valence-corrected chi connectivity index (χ2v) is 8.15. The van der Waals surface area contributed by atoms with Gasteiger partial charge in [-0.15, -0.1) is 0 Å². The van der Waals surface area contributed by atoms with Crippen LogP contribution in [0.25, 0.3) is 0 Å². The molecule has 0 heterocycles. The van der Waals surface area contributed by atoms with Crippen LogP contribution in [0.3, 0.4) is 0 Å². The molecule has 0 amide bonds. The van der Waals surface area contributed by atoms with Crippen molar-refractivity contribution in [2.24, 2.45) is 0 Å². The first kappa shape index (κ1) is 25.3. The van der Waals surface area contributed by atoms with Crippen LogP contribution in [0.5, 0.6) is 0 Å². The van der Waals surface area contributed by atoms with Gasteiger partial charge in [-0.25, -0.2) is 13.7 Å². The molecule has 170 valence electrons. The number of carbonyl (C=O) groups is 1. The van der Waals surface area contributed by atoms with E-state index in [2.05, 4.69) is 42.0 Å². The van der Waals surface area contributed by atoms with Crippen LogP contribution in [0.4, 0.5) is 13.2 Å². The van der Waals surface area contributed by atoms with Crippen molar-refractivity contribution in [2.75, 3.05) is 0 Å². The van der Waals surface area contributed by atoms with Crippen molar-refractivity contribution in [3.63, 3.8) is 0 Å². The maximum absolute atomic E-state index is 12.4. The van der Waals surface area contributed by atoms with E-state index in [1.165, 1.54) is 30.5 Å². The molecule has 1 atom stereocenters. The van der Waals surface area contributed by atoms with Gasteiger partial charge in [0.05, 0.1) is 16.0 Å². The highest BCUT2D eigenvalue weighted by Crippen LogP contribution is 2.29. The van der Waals surface area contributed by atoms with Gasteiger partial charge in [-0.1, -0.05) is 55.8 Å². The van der Waals surface area contributed by atoms with E-state index in [-0.39, 0.29) is 17.0 Å². The maximum atomic E-state index is 12.4. The SMILES string of the molecule is CCCc1ccccc1.O=C(O)c1ccc(CNS(=O)c2ccc(C(F)(F)F)cc2)cc1. The molecule has 0 spiro atoms. The number of aromatic carboxylic acids is 1. The third-order valence-corrected chi connectivity index (χ3v) is 5.49. The van der Waals surface area contributed by atoms with Crippen molar-refractivity contribution in [3.05, 3.63) is 101 Å². The topological polar surface area (TPSA) is 66.4 Å². The van der Waals surface area contributed by atoms with Crippen molar-refractivity contribution < 1.29 is 27.3 Å². The molecule has 0 aromatic heterocycles. The largest absolute Gasteiger partial charge is 0.478 e. The third-order valence-electron chi connectivity index (χ3n) is 4.39. The van der Waals surface area contributed by atoms with Crippen LogP contribution in [0, 0.1) is 0 Å². The van der Waals surface area contributed by atoms with Gasteiger partial charge >= 0.3 is 12.1 Å². The number of hydrogen-bond acceptors (Lipinski definition) is 2. The average molecular weight is 464 g/mol. The van der Waals surface area contributed by atoms with E-state index in [1.54, 1.807) is 12.1 Å². The zero-order valence-corrected chi connectivity index (χ0v) is 18.2. The Labute approximate surface area is 187 Å². The highest BCUT2D eigenvalue weighted by molar-refractivity contribution is 7.83. The van der Waals surface area contributed by atoms with E-state index < -0.39 is 28.7 Å². The van der Waals surface area contributed by atoms with Gasteiger partial charge in [-0.05, 0) is 53.9 Å². The van der Waals surface area contributed by atoms with Crippen LogP contribution in [-0.2, 0) is 30.1 Å². The van der Waals surface area contributed by atoms with E-state index >= 15 is 0 Å². The Morgan fingerprint density at radius 2 is 1.50 bits per heavy atom. The number of rotatable bonds is 7. The standard InChI is InChI=1S/C15H12F3NO3S.C9H12/c16-15(17,18)12-5-7-13(8-6-12)23(22)19-9-10-1-3-11(4-2-10)14(20)21;1-2-6-9-7-4-3-5-8-9/h1-8,19H,9H2,(H,20,21);3-5,7-8H,2,6H2,1H3. The number of carboxylic acids is 1. The highest BCUT2D eigenvalue weighted by Gasteiger charge is 2.30. The molecule has 32 heavy (non-hydrogen) atoms. The summed E-state index contributed by atoms with van der Waals surface area (Å²) in [6.07, 6.45) is -1.98. The number of alkyl halides is 3. The average Bonchev–Trinajstić information content (AvgIpc) is 2.78. The number of nitrogens with one attached hydrogen (secondary N) is 1. The van der Waals surface area contributed by atoms with Crippen molar-refractivity contribution in [1.82, 2.24) is 4.72 Å². The molecule has 0 saturated heterocycles. The summed E-state index contributed by atoms with van der Waals surface area (Å²) in [5.41, 5.74) is 1.48. The molecule has 0 aliphatic rings. The number of hydrogen-bond donors (Lipinski definition) is 2. The zero-order valence-electron chi connectivity index (χ0n) is 17.4. The molecule has 8 heteroatoms. The lowest BCUT2D eigenvalue weighted by Crippen LogP contribution is -2.17. The first-order valence-electron chi connectivity index (χ1n) is 9.89. The van der Waals surface area contributed by atoms with Crippen LogP contribution in [-0.4, -0.2) is 15.3 Å². The Bertz CT molecular complexity index is 1010.